The molecule has 65 valence electrons. The molecule has 0 aliphatic rings. The number of hydrogen-bond acceptors (Lipinski definition) is 0. The number of rotatable bonds is 1. The van der Waals surface area contributed by atoms with Crippen LogP contribution in [-0.4, -0.2) is 0 Å². The van der Waals surface area contributed by atoms with Crippen LogP contribution in [0.3, 0.4) is 0 Å². The zero-order chi connectivity index (χ0) is 9.19. The van der Waals surface area contributed by atoms with E-state index in [2.05, 4.69) is 26.8 Å². The van der Waals surface area contributed by atoms with E-state index < -0.39 is 0 Å². The molecule has 1 radical (unpaired) electrons. The molecule has 0 amide bonds. The van der Waals surface area contributed by atoms with Gasteiger partial charge in [-0.3, -0.25) is 0 Å². The third kappa shape index (κ3) is 2.25. The topological polar surface area (TPSA) is 0 Å². The van der Waals surface area contributed by atoms with Crippen molar-refractivity contribution in [2.24, 2.45) is 5.41 Å². The molecular weight excluding hydrogens is 168 g/mol. The van der Waals surface area contributed by atoms with Crippen LogP contribution in [0.1, 0.15) is 31.7 Å². The number of alkyl halides is 1. The molecule has 0 aliphatic carbocycles. The fourth-order valence-corrected chi connectivity index (χ4v) is 1.21. The molecule has 0 heterocycles. The first-order valence-electron chi connectivity index (χ1n) is 4.12. The van der Waals surface area contributed by atoms with Crippen molar-refractivity contribution in [2.45, 2.75) is 26.1 Å². The molecule has 1 aromatic carbocycles. The molecule has 1 aromatic rings. The van der Waals surface area contributed by atoms with Crippen LogP contribution in [0.25, 0.3) is 0 Å². The molecule has 1 atom stereocenters. The molecule has 0 N–H and O–H groups in total. The fourth-order valence-electron chi connectivity index (χ4n) is 1.07. The molecule has 0 fully saturated rings. The summed E-state index contributed by atoms with van der Waals surface area (Å²) in [6, 6.07) is 10.8. The lowest BCUT2D eigenvalue weighted by atomic mass is 9.87. The zero-order valence-electron chi connectivity index (χ0n) is 7.76. The SMILES string of the molecule is CC(C)(C)C(Cl)c1cc[c]cc1. The smallest absolute Gasteiger partial charge is 0.0633 e. The van der Waals surface area contributed by atoms with Gasteiger partial charge < -0.3 is 0 Å². The highest BCUT2D eigenvalue weighted by Gasteiger charge is 2.23. The Balaban J connectivity index is 2.86. The Labute approximate surface area is 79.6 Å². The fraction of sp³-hybridized carbons (Fsp3) is 0.455. The van der Waals surface area contributed by atoms with Crippen LogP contribution >= 0.6 is 11.6 Å². The largest absolute Gasteiger partial charge is 0.117 e. The predicted molar refractivity (Wildman–Crippen MR) is 53.3 cm³/mol. The van der Waals surface area contributed by atoms with Gasteiger partial charge in [0.25, 0.3) is 0 Å². The van der Waals surface area contributed by atoms with E-state index in [-0.39, 0.29) is 10.8 Å². The molecule has 1 rings (SSSR count). The van der Waals surface area contributed by atoms with Gasteiger partial charge in [-0.2, -0.15) is 0 Å². The van der Waals surface area contributed by atoms with Gasteiger partial charge >= 0.3 is 0 Å². The minimum Gasteiger partial charge on any atom is -0.117 e. The maximum absolute atomic E-state index is 6.27. The summed E-state index contributed by atoms with van der Waals surface area (Å²) >= 11 is 6.27. The van der Waals surface area contributed by atoms with Crippen molar-refractivity contribution in [1.29, 1.82) is 0 Å². The summed E-state index contributed by atoms with van der Waals surface area (Å²) in [4.78, 5) is 0. The Bertz CT molecular complexity index is 233. The monoisotopic (exact) mass is 181 g/mol. The average Bonchev–Trinajstić information content (AvgIpc) is 2.03. The van der Waals surface area contributed by atoms with Crippen LogP contribution in [0.4, 0.5) is 0 Å². The molecule has 0 nitrogen and oxygen atoms in total. The van der Waals surface area contributed by atoms with Gasteiger partial charge in [-0.25, -0.2) is 0 Å². The zero-order valence-corrected chi connectivity index (χ0v) is 8.52. The van der Waals surface area contributed by atoms with E-state index in [0.29, 0.717) is 0 Å². The van der Waals surface area contributed by atoms with Crippen molar-refractivity contribution in [2.75, 3.05) is 0 Å². The first kappa shape index (κ1) is 9.60. The van der Waals surface area contributed by atoms with E-state index in [9.17, 15) is 0 Å². The van der Waals surface area contributed by atoms with Gasteiger partial charge in [-0.15, -0.1) is 11.6 Å². The first-order chi connectivity index (χ1) is 5.52. The number of benzene rings is 1. The Morgan fingerprint density at radius 3 is 2.17 bits per heavy atom. The van der Waals surface area contributed by atoms with E-state index >= 15 is 0 Å². The lowest BCUT2D eigenvalue weighted by molar-refractivity contribution is 0.396. The molecule has 0 saturated carbocycles. The van der Waals surface area contributed by atoms with Crippen molar-refractivity contribution in [3.63, 3.8) is 0 Å². The van der Waals surface area contributed by atoms with Crippen molar-refractivity contribution >= 4 is 11.6 Å². The van der Waals surface area contributed by atoms with Gasteiger partial charge in [0.2, 0.25) is 0 Å². The summed E-state index contributed by atoms with van der Waals surface area (Å²) in [5.41, 5.74) is 1.28. The van der Waals surface area contributed by atoms with E-state index in [1.165, 1.54) is 5.56 Å². The Morgan fingerprint density at radius 2 is 1.75 bits per heavy atom. The third-order valence-electron chi connectivity index (χ3n) is 1.80. The minimum absolute atomic E-state index is 0.0760. The molecular formula is C11H14Cl. The van der Waals surface area contributed by atoms with Gasteiger partial charge in [-0.1, -0.05) is 45.0 Å². The van der Waals surface area contributed by atoms with Crippen LogP contribution in [0.5, 0.6) is 0 Å². The normalized spacial score (nSPS) is 14.3. The molecule has 1 unspecified atom stereocenters. The third-order valence-corrected chi connectivity index (χ3v) is 2.70. The lowest BCUT2D eigenvalue weighted by Gasteiger charge is -2.25. The van der Waals surface area contributed by atoms with Crippen molar-refractivity contribution in [3.8, 4) is 0 Å². The van der Waals surface area contributed by atoms with Gasteiger partial charge in [0, 0.05) is 0 Å². The quantitative estimate of drug-likeness (QED) is 0.578. The van der Waals surface area contributed by atoms with Gasteiger partial charge in [0.1, 0.15) is 0 Å². The molecule has 0 aromatic heterocycles. The summed E-state index contributed by atoms with van der Waals surface area (Å²) < 4.78 is 0. The van der Waals surface area contributed by atoms with E-state index in [4.69, 9.17) is 11.6 Å². The highest BCUT2D eigenvalue weighted by atomic mass is 35.5. The van der Waals surface area contributed by atoms with E-state index in [1.807, 2.05) is 24.3 Å². The summed E-state index contributed by atoms with van der Waals surface area (Å²) in [6.45, 7) is 6.42. The standard InChI is InChI=1S/C11H14Cl/c1-11(2,3)10(12)9-7-5-4-6-8-9/h5-8,10H,1-3H3. The molecule has 0 aliphatic heterocycles. The highest BCUT2D eigenvalue weighted by molar-refractivity contribution is 6.21. The first-order valence-corrected chi connectivity index (χ1v) is 4.55. The summed E-state index contributed by atoms with van der Waals surface area (Å²) in [7, 11) is 0. The number of halogens is 1. The second-order valence-corrected chi connectivity index (χ2v) is 4.50. The molecule has 0 spiro atoms. The maximum Gasteiger partial charge on any atom is 0.0633 e. The van der Waals surface area contributed by atoms with Crippen LogP contribution in [0.2, 0.25) is 0 Å². The predicted octanol–water partition coefficient (Wildman–Crippen LogP) is 3.81. The van der Waals surface area contributed by atoms with Crippen molar-refractivity contribution < 1.29 is 0 Å². The van der Waals surface area contributed by atoms with Crippen LogP contribution in [0.15, 0.2) is 24.3 Å². The van der Waals surface area contributed by atoms with Crippen LogP contribution in [-0.2, 0) is 0 Å². The Morgan fingerprint density at radius 1 is 1.25 bits per heavy atom. The molecule has 12 heavy (non-hydrogen) atoms. The van der Waals surface area contributed by atoms with E-state index in [1.54, 1.807) is 0 Å². The Kier molecular flexibility index (Phi) is 2.79. The molecule has 0 saturated heterocycles. The average molecular weight is 182 g/mol. The van der Waals surface area contributed by atoms with Gasteiger partial charge in [0.15, 0.2) is 0 Å². The molecule has 0 bridgehead atoms. The highest BCUT2D eigenvalue weighted by Crippen LogP contribution is 2.37. The van der Waals surface area contributed by atoms with Crippen LogP contribution in [0, 0.1) is 11.5 Å². The van der Waals surface area contributed by atoms with Gasteiger partial charge in [0.05, 0.1) is 5.38 Å². The van der Waals surface area contributed by atoms with Crippen molar-refractivity contribution in [1.82, 2.24) is 0 Å². The lowest BCUT2D eigenvalue weighted by Crippen LogP contribution is -2.12. The Hall–Kier alpha value is -0.490. The second kappa shape index (κ2) is 3.49. The summed E-state index contributed by atoms with van der Waals surface area (Å²) in [6.07, 6.45) is 0. The second-order valence-electron chi connectivity index (χ2n) is 4.06. The molecule has 1 heteroatoms. The number of hydrogen-bond donors (Lipinski definition) is 0. The van der Waals surface area contributed by atoms with Gasteiger partial charge in [-0.05, 0) is 17.0 Å². The summed E-state index contributed by atoms with van der Waals surface area (Å²) in [5, 5.41) is 0.0760. The minimum atomic E-state index is 0.0760. The van der Waals surface area contributed by atoms with Crippen molar-refractivity contribution in [3.05, 3.63) is 35.9 Å². The van der Waals surface area contributed by atoms with E-state index in [0.717, 1.165) is 0 Å². The van der Waals surface area contributed by atoms with Crippen LogP contribution < -0.4 is 0 Å². The summed E-state index contributed by atoms with van der Waals surface area (Å²) in [5.74, 6) is 0. The maximum atomic E-state index is 6.27.